The first kappa shape index (κ1) is 16.9. The van der Waals surface area contributed by atoms with Crippen molar-refractivity contribution < 1.29 is 13.5 Å². The van der Waals surface area contributed by atoms with Crippen molar-refractivity contribution in [2.75, 3.05) is 12.8 Å². The average molecular weight is 344 g/mol. The van der Waals surface area contributed by atoms with Crippen LogP contribution in [0.25, 0.3) is 0 Å². The summed E-state index contributed by atoms with van der Waals surface area (Å²) in [6, 6.07) is 7.65. The zero-order valence-corrected chi connectivity index (χ0v) is 14.0. The smallest absolute Gasteiger partial charge is 0.167 e. The van der Waals surface area contributed by atoms with Crippen LogP contribution in [0.2, 0.25) is 5.02 Å². The highest BCUT2D eigenvalue weighted by Gasteiger charge is 2.31. The molecule has 0 aliphatic carbocycles. The molecule has 0 unspecified atom stereocenters. The van der Waals surface area contributed by atoms with Crippen LogP contribution in [0.4, 0.5) is 14.5 Å². The molecule has 6 heteroatoms. The molecule has 2 nitrogen and oxygen atoms in total. The van der Waals surface area contributed by atoms with E-state index in [1.165, 1.54) is 24.9 Å². The van der Waals surface area contributed by atoms with Gasteiger partial charge in [0.1, 0.15) is 5.75 Å². The molecule has 2 aromatic rings. The number of hydrogen-bond donors (Lipinski definition) is 1. The van der Waals surface area contributed by atoms with Gasteiger partial charge in [-0.25, -0.2) is 8.78 Å². The van der Waals surface area contributed by atoms with Gasteiger partial charge < -0.3 is 10.5 Å². The Labute approximate surface area is 137 Å². The van der Waals surface area contributed by atoms with E-state index in [0.29, 0.717) is 16.5 Å². The predicted molar refractivity (Wildman–Crippen MR) is 87.7 cm³/mol. The largest absolute Gasteiger partial charge is 0.496 e. The number of methoxy groups -OCH3 is 1. The first-order chi connectivity index (χ1) is 10.3. The second-order valence-electron chi connectivity index (χ2n) is 5.23. The lowest BCUT2D eigenvalue weighted by Crippen LogP contribution is -2.17. The van der Waals surface area contributed by atoms with Gasteiger partial charge in [-0.3, -0.25) is 0 Å². The van der Waals surface area contributed by atoms with E-state index in [-0.39, 0.29) is 5.56 Å². The summed E-state index contributed by atoms with van der Waals surface area (Å²) in [5.74, 6) is -1.50. The van der Waals surface area contributed by atoms with E-state index in [0.717, 1.165) is 11.0 Å². The molecule has 0 saturated heterocycles. The van der Waals surface area contributed by atoms with Crippen molar-refractivity contribution in [3.8, 4) is 5.75 Å². The SMILES string of the molecule is COc1ccc(F)c(F)c1C(C)(C)Sc1ccc(Cl)c(N)c1. The van der Waals surface area contributed by atoms with Crippen LogP contribution in [-0.4, -0.2) is 7.11 Å². The third kappa shape index (κ3) is 3.31. The Morgan fingerprint density at radius 2 is 1.86 bits per heavy atom. The van der Waals surface area contributed by atoms with Gasteiger partial charge in [0.25, 0.3) is 0 Å². The third-order valence-electron chi connectivity index (χ3n) is 3.22. The lowest BCUT2D eigenvalue weighted by atomic mass is 10.00. The number of ether oxygens (including phenoxy) is 1. The molecule has 2 aromatic carbocycles. The van der Waals surface area contributed by atoms with E-state index < -0.39 is 16.4 Å². The molecule has 0 bridgehead atoms. The van der Waals surface area contributed by atoms with Gasteiger partial charge in [0, 0.05) is 15.2 Å². The van der Waals surface area contributed by atoms with Gasteiger partial charge in [0.05, 0.1) is 17.8 Å². The van der Waals surface area contributed by atoms with Crippen LogP contribution in [0, 0.1) is 11.6 Å². The first-order valence-corrected chi connectivity index (χ1v) is 7.72. The third-order valence-corrected chi connectivity index (χ3v) is 4.77. The van der Waals surface area contributed by atoms with Crippen LogP contribution in [0.3, 0.4) is 0 Å². The van der Waals surface area contributed by atoms with E-state index >= 15 is 0 Å². The summed E-state index contributed by atoms with van der Waals surface area (Å²) in [7, 11) is 1.43. The Morgan fingerprint density at radius 3 is 2.45 bits per heavy atom. The van der Waals surface area contributed by atoms with Crippen molar-refractivity contribution in [3.63, 3.8) is 0 Å². The number of thioether (sulfide) groups is 1. The normalized spacial score (nSPS) is 11.5. The van der Waals surface area contributed by atoms with Gasteiger partial charge in [-0.2, -0.15) is 0 Å². The second-order valence-corrected chi connectivity index (χ2v) is 7.34. The van der Waals surface area contributed by atoms with Crippen molar-refractivity contribution in [2.45, 2.75) is 23.5 Å². The Hall–Kier alpha value is -1.46. The number of rotatable bonds is 4. The quantitative estimate of drug-likeness (QED) is 0.609. The topological polar surface area (TPSA) is 35.2 Å². The number of benzene rings is 2. The van der Waals surface area contributed by atoms with Gasteiger partial charge >= 0.3 is 0 Å². The molecule has 0 saturated carbocycles. The van der Waals surface area contributed by atoms with Crippen LogP contribution in [0.5, 0.6) is 5.75 Å². The molecule has 2 N–H and O–H groups in total. The molecule has 0 fully saturated rings. The number of nitrogen functional groups attached to an aromatic ring is 1. The zero-order chi connectivity index (χ0) is 16.5. The highest BCUT2D eigenvalue weighted by Crippen LogP contribution is 2.46. The maximum Gasteiger partial charge on any atom is 0.167 e. The first-order valence-electron chi connectivity index (χ1n) is 6.52. The lowest BCUT2D eigenvalue weighted by molar-refractivity contribution is 0.391. The number of halogens is 3. The monoisotopic (exact) mass is 343 g/mol. The van der Waals surface area contributed by atoms with E-state index in [1.807, 2.05) is 0 Å². The van der Waals surface area contributed by atoms with Crippen LogP contribution in [0.1, 0.15) is 19.4 Å². The molecule has 0 aliphatic rings. The summed E-state index contributed by atoms with van der Waals surface area (Å²) in [5.41, 5.74) is 6.40. The van der Waals surface area contributed by atoms with Crippen LogP contribution in [0.15, 0.2) is 35.2 Å². The molecular weight excluding hydrogens is 328 g/mol. The molecule has 118 valence electrons. The highest BCUT2D eigenvalue weighted by molar-refractivity contribution is 8.00. The van der Waals surface area contributed by atoms with E-state index in [2.05, 4.69) is 0 Å². The van der Waals surface area contributed by atoms with Crippen LogP contribution in [-0.2, 0) is 4.75 Å². The van der Waals surface area contributed by atoms with Gasteiger partial charge in [-0.15, -0.1) is 11.8 Å². The predicted octanol–water partition coefficient (Wildman–Crippen LogP) is 5.24. The van der Waals surface area contributed by atoms with Crippen molar-refractivity contribution in [2.24, 2.45) is 0 Å². The van der Waals surface area contributed by atoms with Crippen molar-refractivity contribution in [3.05, 3.63) is 52.6 Å². The number of anilines is 1. The standard InChI is InChI=1S/C16H16ClF2NOS/c1-16(2,22-9-4-5-10(17)12(20)8-9)14-13(21-3)7-6-11(18)15(14)19/h4-8H,20H2,1-3H3. The van der Waals surface area contributed by atoms with Crippen molar-refractivity contribution >= 4 is 29.1 Å². The van der Waals surface area contributed by atoms with Crippen molar-refractivity contribution in [1.29, 1.82) is 0 Å². The fourth-order valence-corrected chi connectivity index (χ4v) is 3.52. The summed E-state index contributed by atoms with van der Waals surface area (Å²) in [5, 5.41) is 0.455. The van der Waals surface area contributed by atoms with Gasteiger partial charge in [0.2, 0.25) is 0 Å². The Morgan fingerprint density at radius 1 is 1.18 bits per heavy atom. The van der Waals surface area contributed by atoms with E-state index in [4.69, 9.17) is 22.1 Å². The molecule has 0 spiro atoms. The Kier molecular flexibility index (Phi) is 4.87. The minimum atomic E-state index is -0.904. The molecule has 22 heavy (non-hydrogen) atoms. The molecule has 0 amide bonds. The fraction of sp³-hybridized carbons (Fsp3) is 0.250. The highest BCUT2D eigenvalue weighted by atomic mass is 35.5. The maximum atomic E-state index is 14.3. The molecule has 0 atom stereocenters. The number of nitrogens with two attached hydrogens (primary N) is 1. The molecule has 0 radical (unpaired) electrons. The minimum absolute atomic E-state index is 0.175. The van der Waals surface area contributed by atoms with Gasteiger partial charge in [0.15, 0.2) is 11.6 Å². The summed E-state index contributed by atoms with van der Waals surface area (Å²) < 4.78 is 32.3. The van der Waals surface area contributed by atoms with Crippen LogP contribution >= 0.6 is 23.4 Å². The van der Waals surface area contributed by atoms with Crippen LogP contribution < -0.4 is 10.5 Å². The fourth-order valence-electron chi connectivity index (χ4n) is 2.20. The Bertz CT molecular complexity index is 707. The molecule has 0 aromatic heterocycles. The van der Waals surface area contributed by atoms with Crippen molar-refractivity contribution in [1.82, 2.24) is 0 Å². The summed E-state index contributed by atoms with van der Waals surface area (Å²) in [6.45, 7) is 3.59. The lowest BCUT2D eigenvalue weighted by Gasteiger charge is -2.27. The minimum Gasteiger partial charge on any atom is -0.496 e. The van der Waals surface area contributed by atoms with Gasteiger partial charge in [-0.1, -0.05) is 11.6 Å². The maximum absolute atomic E-state index is 14.3. The molecular formula is C16H16ClF2NOS. The summed E-state index contributed by atoms with van der Waals surface area (Å²) in [4.78, 5) is 0.803. The average Bonchev–Trinajstić information content (AvgIpc) is 2.45. The van der Waals surface area contributed by atoms with E-state index in [9.17, 15) is 8.78 Å². The second kappa shape index (κ2) is 6.34. The molecule has 0 heterocycles. The number of hydrogen-bond acceptors (Lipinski definition) is 3. The Balaban J connectivity index is 2.46. The molecule has 2 rings (SSSR count). The zero-order valence-electron chi connectivity index (χ0n) is 12.4. The molecule has 0 aliphatic heterocycles. The summed E-state index contributed by atoms with van der Waals surface area (Å²) in [6.07, 6.45) is 0. The van der Waals surface area contributed by atoms with E-state index in [1.54, 1.807) is 32.0 Å². The summed E-state index contributed by atoms with van der Waals surface area (Å²) >= 11 is 7.25. The van der Waals surface area contributed by atoms with Gasteiger partial charge in [-0.05, 0) is 44.2 Å².